The topological polar surface area (TPSA) is 90.4 Å². The number of benzene rings is 2. The van der Waals surface area contributed by atoms with E-state index in [2.05, 4.69) is 15.5 Å². The van der Waals surface area contributed by atoms with Gasteiger partial charge in [-0.05, 0) is 38.1 Å². The number of carbonyl (C=O) groups is 1. The van der Waals surface area contributed by atoms with Gasteiger partial charge in [0.2, 0.25) is 5.89 Å². The lowest BCUT2D eigenvalue weighted by molar-refractivity contribution is 0.0995. The normalized spacial score (nSPS) is 10.9. The number of aryl methyl sites for hydroxylation is 1. The second-order valence-corrected chi connectivity index (χ2v) is 5.95. The number of nitrogens with zero attached hydrogens (tertiary/aromatic N) is 2. The summed E-state index contributed by atoms with van der Waals surface area (Å²) < 4.78 is 16.7. The highest BCUT2D eigenvalue weighted by Crippen LogP contribution is 2.29. The summed E-state index contributed by atoms with van der Waals surface area (Å²) >= 11 is 0. The number of furan rings is 1. The maximum Gasteiger partial charge on any atom is 0.322 e. The summed E-state index contributed by atoms with van der Waals surface area (Å²) in [7, 11) is 0. The average Bonchev–Trinajstić information content (AvgIpc) is 3.29. The zero-order chi connectivity index (χ0) is 18.8. The Balaban J connectivity index is 1.56. The summed E-state index contributed by atoms with van der Waals surface area (Å²) in [5.41, 5.74) is 2.38. The van der Waals surface area contributed by atoms with E-state index in [1.54, 1.807) is 12.1 Å². The lowest BCUT2D eigenvalue weighted by Gasteiger charge is -2.02. The van der Waals surface area contributed by atoms with E-state index in [1.807, 2.05) is 50.2 Å². The predicted octanol–water partition coefficient (Wildman–Crippen LogP) is 4.44. The number of fused-ring (bicyclic) bond motifs is 1. The molecule has 2 aromatic carbocycles. The largest absolute Gasteiger partial charge is 0.490 e. The van der Waals surface area contributed by atoms with Crippen molar-refractivity contribution in [1.82, 2.24) is 10.2 Å². The van der Waals surface area contributed by atoms with E-state index in [0.29, 0.717) is 23.8 Å². The Bertz CT molecular complexity index is 1110. The van der Waals surface area contributed by atoms with Crippen molar-refractivity contribution < 1.29 is 18.4 Å². The number of anilines is 1. The van der Waals surface area contributed by atoms with Crippen molar-refractivity contribution in [3.63, 3.8) is 0 Å². The van der Waals surface area contributed by atoms with Gasteiger partial charge in [0.15, 0.2) is 17.1 Å². The van der Waals surface area contributed by atoms with Crippen molar-refractivity contribution in [3.8, 4) is 17.2 Å². The number of amides is 1. The zero-order valence-electron chi connectivity index (χ0n) is 14.9. The van der Waals surface area contributed by atoms with Crippen molar-refractivity contribution in [3.05, 3.63) is 59.9 Å². The highest BCUT2D eigenvalue weighted by molar-refractivity contribution is 6.04. The van der Waals surface area contributed by atoms with E-state index in [0.717, 1.165) is 16.5 Å². The molecule has 2 aromatic heterocycles. The average molecular weight is 363 g/mol. The minimum absolute atomic E-state index is 0.00185. The Morgan fingerprint density at radius 2 is 1.96 bits per heavy atom. The lowest BCUT2D eigenvalue weighted by Crippen LogP contribution is -2.10. The lowest BCUT2D eigenvalue weighted by atomic mass is 10.1. The van der Waals surface area contributed by atoms with Crippen molar-refractivity contribution in [2.45, 2.75) is 13.8 Å². The van der Waals surface area contributed by atoms with Crippen LogP contribution in [0.5, 0.6) is 5.75 Å². The molecule has 0 bridgehead atoms. The quantitative estimate of drug-likeness (QED) is 0.564. The Labute approximate surface area is 155 Å². The molecule has 0 saturated heterocycles. The summed E-state index contributed by atoms with van der Waals surface area (Å²) in [6.07, 6.45) is 0. The third kappa shape index (κ3) is 3.39. The van der Waals surface area contributed by atoms with Gasteiger partial charge < -0.3 is 13.6 Å². The molecular formula is C20H17N3O4. The number of para-hydroxylation sites is 1. The van der Waals surface area contributed by atoms with Gasteiger partial charge in [0.1, 0.15) is 0 Å². The van der Waals surface area contributed by atoms with E-state index >= 15 is 0 Å². The highest BCUT2D eigenvalue weighted by Gasteiger charge is 2.18. The van der Waals surface area contributed by atoms with Gasteiger partial charge in [-0.25, -0.2) is 0 Å². The molecule has 4 rings (SSSR count). The first kappa shape index (κ1) is 16.8. The number of nitrogens with one attached hydrogen (secondary N) is 1. The van der Waals surface area contributed by atoms with E-state index in [1.165, 1.54) is 0 Å². The van der Waals surface area contributed by atoms with Crippen LogP contribution in [0.15, 0.2) is 57.4 Å². The molecule has 0 aliphatic carbocycles. The van der Waals surface area contributed by atoms with Crippen LogP contribution < -0.4 is 10.1 Å². The van der Waals surface area contributed by atoms with Crippen LogP contribution in [-0.4, -0.2) is 22.7 Å². The molecule has 0 fully saturated rings. The Hall–Kier alpha value is -3.61. The van der Waals surface area contributed by atoms with Crippen LogP contribution in [0.1, 0.15) is 23.0 Å². The standard InChI is InChI=1S/C20H17N3O4/c1-3-25-15-9-5-7-13-11-16(26-17(13)15)18(24)21-20-23-22-19(27-20)14-8-4-6-12(2)10-14/h4-11H,3H2,1-2H3,(H,21,23,24). The first-order chi connectivity index (χ1) is 13.1. The van der Waals surface area contributed by atoms with Gasteiger partial charge in [0.25, 0.3) is 5.91 Å². The van der Waals surface area contributed by atoms with Crippen LogP contribution >= 0.6 is 0 Å². The minimum atomic E-state index is -0.479. The predicted molar refractivity (Wildman–Crippen MR) is 99.8 cm³/mol. The van der Waals surface area contributed by atoms with Crippen molar-refractivity contribution in [1.29, 1.82) is 0 Å². The molecule has 7 nitrogen and oxygen atoms in total. The van der Waals surface area contributed by atoms with Crippen LogP contribution in [0.2, 0.25) is 0 Å². The van der Waals surface area contributed by atoms with Crippen molar-refractivity contribution in [2.24, 2.45) is 0 Å². The summed E-state index contributed by atoms with van der Waals surface area (Å²) in [5, 5.41) is 11.2. The highest BCUT2D eigenvalue weighted by atomic mass is 16.5. The van der Waals surface area contributed by atoms with E-state index in [-0.39, 0.29) is 11.8 Å². The molecule has 0 saturated carbocycles. The fourth-order valence-electron chi connectivity index (χ4n) is 2.74. The fraction of sp³-hybridized carbons (Fsp3) is 0.150. The Morgan fingerprint density at radius 1 is 1.11 bits per heavy atom. The van der Waals surface area contributed by atoms with Crippen LogP contribution in [0.25, 0.3) is 22.4 Å². The molecule has 0 radical (unpaired) electrons. The number of carbonyl (C=O) groups excluding carboxylic acids is 1. The molecule has 1 amide bonds. The summed E-state index contributed by atoms with van der Waals surface area (Å²) in [6, 6.07) is 14.8. The van der Waals surface area contributed by atoms with Gasteiger partial charge >= 0.3 is 6.01 Å². The first-order valence-corrected chi connectivity index (χ1v) is 8.51. The van der Waals surface area contributed by atoms with Crippen molar-refractivity contribution >= 4 is 22.9 Å². The molecule has 0 spiro atoms. The van der Waals surface area contributed by atoms with Crippen molar-refractivity contribution in [2.75, 3.05) is 11.9 Å². The van der Waals surface area contributed by atoms with Gasteiger partial charge in [0, 0.05) is 10.9 Å². The van der Waals surface area contributed by atoms with Crippen LogP contribution in [-0.2, 0) is 0 Å². The van der Waals surface area contributed by atoms with Crippen LogP contribution in [0.4, 0.5) is 6.01 Å². The monoisotopic (exact) mass is 363 g/mol. The number of rotatable bonds is 5. The molecule has 2 heterocycles. The third-order valence-electron chi connectivity index (χ3n) is 3.94. The third-order valence-corrected chi connectivity index (χ3v) is 3.94. The van der Waals surface area contributed by atoms with Crippen LogP contribution in [0.3, 0.4) is 0 Å². The van der Waals surface area contributed by atoms with Gasteiger partial charge in [0.05, 0.1) is 6.61 Å². The maximum absolute atomic E-state index is 12.5. The number of hydrogen-bond acceptors (Lipinski definition) is 6. The summed E-state index contributed by atoms with van der Waals surface area (Å²) in [6.45, 7) is 4.36. The maximum atomic E-state index is 12.5. The molecular weight excluding hydrogens is 346 g/mol. The number of ether oxygens (including phenoxy) is 1. The van der Waals surface area contributed by atoms with Gasteiger partial charge in [-0.3, -0.25) is 10.1 Å². The molecule has 7 heteroatoms. The molecule has 0 aliphatic rings. The molecule has 1 N–H and O–H groups in total. The van der Waals surface area contributed by atoms with Gasteiger partial charge in [-0.15, -0.1) is 5.10 Å². The Morgan fingerprint density at radius 3 is 2.78 bits per heavy atom. The second-order valence-electron chi connectivity index (χ2n) is 5.95. The van der Waals surface area contributed by atoms with E-state index < -0.39 is 5.91 Å². The zero-order valence-corrected chi connectivity index (χ0v) is 14.9. The molecule has 0 atom stereocenters. The molecule has 0 unspecified atom stereocenters. The fourth-order valence-corrected chi connectivity index (χ4v) is 2.74. The number of aromatic nitrogens is 2. The second kappa shape index (κ2) is 6.95. The molecule has 0 aliphatic heterocycles. The summed E-state index contributed by atoms with van der Waals surface area (Å²) in [4.78, 5) is 12.5. The molecule has 27 heavy (non-hydrogen) atoms. The van der Waals surface area contributed by atoms with Crippen LogP contribution in [0, 0.1) is 6.92 Å². The van der Waals surface area contributed by atoms with Gasteiger partial charge in [-0.1, -0.05) is 34.9 Å². The minimum Gasteiger partial charge on any atom is -0.490 e. The number of hydrogen-bond donors (Lipinski definition) is 1. The van der Waals surface area contributed by atoms with E-state index in [4.69, 9.17) is 13.6 Å². The molecule has 4 aromatic rings. The SMILES string of the molecule is CCOc1cccc2cc(C(=O)Nc3nnc(-c4cccc(C)c4)o3)oc12. The first-order valence-electron chi connectivity index (χ1n) is 8.51. The summed E-state index contributed by atoms with van der Waals surface area (Å²) in [5.74, 6) is 0.575. The smallest absolute Gasteiger partial charge is 0.322 e. The Kier molecular flexibility index (Phi) is 4.33. The molecule has 136 valence electrons. The van der Waals surface area contributed by atoms with Gasteiger partial charge in [-0.2, -0.15) is 0 Å². The van der Waals surface area contributed by atoms with E-state index in [9.17, 15) is 4.79 Å².